The van der Waals surface area contributed by atoms with Crippen molar-refractivity contribution in [3.63, 3.8) is 0 Å². The first-order valence-corrected chi connectivity index (χ1v) is 9.25. The molecule has 0 saturated heterocycles. The lowest BCUT2D eigenvalue weighted by atomic mass is 10.3. The molecule has 1 aromatic carbocycles. The van der Waals surface area contributed by atoms with E-state index < -0.39 is 10.0 Å². The number of halogens is 2. The first-order valence-electron chi connectivity index (χ1n) is 7.06. The highest BCUT2D eigenvalue weighted by Crippen LogP contribution is 2.25. The number of aromatic nitrogens is 1. The van der Waals surface area contributed by atoms with Gasteiger partial charge in [-0.05, 0) is 30.3 Å². The smallest absolute Gasteiger partial charge is 0.244 e. The molecule has 1 N–H and O–H groups in total. The summed E-state index contributed by atoms with van der Waals surface area (Å²) in [5.74, 6) is 0.502. The van der Waals surface area contributed by atoms with Crippen molar-refractivity contribution in [2.45, 2.75) is 18.7 Å². The van der Waals surface area contributed by atoms with E-state index in [0.717, 1.165) is 0 Å². The monoisotopic (exact) mass is 373 g/mol. The fraction of sp³-hybridized carbons (Fsp3) is 0.267. The van der Waals surface area contributed by atoms with Gasteiger partial charge >= 0.3 is 0 Å². The van der Waals surface area contributed by atoms with Gasteiger partial charge in [0.15, 0.2) is 0 Å². The Morgan fingerprint density at radius 3 is 2.17 bits per heavy atom. The lowest BCUT2D eigenvalue weighted by molar-refractivity contribution is 0.445. The van der Waals surface area contributed by atoms with Crippen LogP contribution < -0.4 is 5.32 Å². The zero-order valence-corrected chi connectivity index (χ0v) is 15.1. The normalized spacial score (nSPS) is 11.7. The maximum Gasteiger partial charge on any atom is 0.244 e. The van der Waals surface area contributed by atoms with Gasteiger partial charge in [-0.15, -0.1) is 0 Å². The van der Waals surface area contributed by atoms with Crippen LogP contribution in [0.25, 0.3) is 0 Å². The Morgan fingerprint density at radius 2 is 1.70 bits per heavy atom. The average Bonchev–Trinajstić information content (AvgIpc) is 2.47. The van der Waals surface area contributed by atoms with Gasteiger partial charge in [0.2, 0.25) is 10.0 Å². The third kappa shape index (κ3) is 4.35. The molecule has 0 unspecified atom stereocenters. The number of hydrogen-bond acceptors (Lipinski definition) is 4. The maximum absolute atomic E-state index is 12.4. The fourth-order valence-electron chi connectivity index (χ4n) is 2.09. The van der Waals surface area contributed by atoms with Crippen molar-refractivity contribution in [3.05, 3.63) is 46.6 Å². The predicted octanol–water partition coefficient (Wildman–Crippen LogP) is 4.16. The third-order valence-electron chi connectivity index (χ3n) is 3.21. The molecule has 0 aliphatic carbocycles. The molecule has 0 saturated carbocycles. The molecule has 0 aliphatic rings. The zero-order valence-electron chi connectivity index (χ0n) is 12.8. The van der Waals surface area contributed by atoms with Crippen LogP contribution in [0.1, 0.15) is 13.8 Å². The van der Waals surface area contributed by atoms with Gasteiger partial charge in [0.05, 0.1) is 0 Å². The fourth-order valence-corrected chi connectivity index (χ4v) is 4.02. The molecule has 5 nitrogen and oxygen atoms in total. The van der Waals surface area contributed by atoms with Gasteiger partial charge < -0.3 is 5.32 Å². The number of nitrogens with zero attached hydrogens (tertiary/aromatic N) is 2. The summed E-state index contributed by atoms with van der Waals surface area (Å²) in [4.78, 5) is 4.31. The van der Waals surface area contributed by atoms with E-state index in [2.05, 4.69) is 10.3 Å². The standard InChI is InChI=1S/C15H17Cl2N3O2S/c1-3-20(4-2)23(21,22)14-5-6-15(18-10-14)19-13-8-11(16)7-12(17)9-13/h5-10H,3-4H2,1-2H3,(H,18,19). The van der Waals surface area contributed by atoms with Crippen molar-refractivity contribution in [2.24, 2.45) is 0 Å². The molecule has 0 radical (unpaired) electrons. The second-order valence-corrected chi connectivity index (χ2v) is 7.56. The van der Waals surface area contributed by atoms with Crippen LogP contribution in [-0.4, -0.2) is 30.8 Å². The topological polar surface area (TPSA) is 62.3 Å². The van der Waals surface area contributed by atoms with E-state index in [0.29, 0.717) is 34.6 Å². The largest absolute Gasteiger partial charge is 0.340 e. The van der Waals surface area contributed by atoms with E-state index in [4.69, 9.17) is 23.2 Å². The summed E-state index contributed by atoms with van der Waals surface area (Å²) >= 11 is 11.9. The van der Waals surface area contributed by atoms with Gasteiger partial charge in [-0.3, -0.25) is 0 Å². The second-order valence-electron chi connectivity index (χ2n) is 4.75. The molecule has 1 heterocycles. The van der Waals surface area contributed by atoms with Gasteiger partial charge in [-0.2, -0.15) is 4.31 Å². The van der Waals surface area contributed by atoms with Crippen molar-refractivity contribution in [1.82, 2.24) is 9.29 Å². The van der Waals surface area contributed by atoms with Crippen LogP contribution >= 0.6 is 23.2 Å². The van der Waals surface area contributed by atoms with Crippen LogP contribution in [0.4, 0.5) is 11.5 Å². The minimum atomic E-state index is -3.50. The Balaban J connectivity index is 2.22. The minimum absolute atomic E-state index is 0.163. The number of sulfonamides is 1. The SMILES string of the molecule is CCN(CC)S(=O)(=O)c1ccc(Nc2cc(Cl)cc(Cl)c2)nc1. The molecule has 23 heavy (non-hydrogen) atoms. The Kier molecular flexibility index (Phi) is 5.86. The Hall–Kier alpha value is -1.34. The summed E-state index contributed by atoms with van der Waals surface area (Å²) in [6.45, 7) is 4.43. The minimum Gasteiger partial charge on any atom is -0.340 e. The van der Waals surface area contributed by atoms with Gasteiger partial charge in [0, 0.05) is 35.0 Å². The van der Waals surface area contributed by atoms with Gasteiger partial charge in [0.1, 0.15) is 10.7 Å². The number of anilines is 2. The van der Waals surface area contributed by atoms with E-state index in [1.807, 2.05) is 0 Å². The summed E-state index contributed by atoms with van der Waals surface area (Å²) in [6.07, 6.45) is 1.34. The predicted molar refractivity (Wildman–Crippen MR) is 94.1 cm³/mol. The van der Waals surface area contributed by atoms with E-state index in [1.54, 1.807) is 38.1 Å². The van der Waals surface area contributed by atoms with Crippen LogP contribution in [0, 0.1) is 0 Å². The van der Waals surface area contributed by atoms with E-state index in [1.165, 1.54) is 16.6 Å². The molecule has 0 aliphatic heterocycles. The molecule has 0 fully saturated rings. The lowest BCUT2D eigenvalue weighted by Crippen LogP contribution is -2.30. The van der Waals surface area contributed by atoms with E-state index in [9.17, 15) is 8.42 Å². The molecule has 0 spiro atoms. The molecule has 2 aromatic rings. The molecular formula is C15H17Cl2N3O2S. The molecule has 0 amide bonds. The summed E-state index contributed by atoms with van der Waals surface area (Å²) in [6, 6.07) is 8.16. The number of nitrogens with one attached hydrogen (secondary N) is 1. The quantitative estimate of drug-likeness (QED) is 0.825. The zero-order chi connectivity index (χ0) is 17.0. The highest BCUT2D eigenvalue weighted by Gasteiger charge is 2.21. The summed E-state index contributed by atoms with van der Waals surface area (Å²) in [5, 5.41) is 4.03. The van der Waals surface area contributed by atoms with Crippen molar-refractivity contribution in [3.8, 4) is 0 Å². The number of pyridine rings is 1. The van der Waals surface area contributed by atoms with Gasteiger partial charge in [-0.1, -0.05) is 37.0 Å². The highest BCUT2D eigenvalue weighted by molar-refractivity contribution is 7.89. The van der Waals surface area contributed by atoms with Gasteiger partial charge in [-0.25, -0.2) is 13.4 Å². The molecule has 2 rings (SSSR count). The van der Waals surface area contributed by atoms with E-state index >= 15 is 0 Å². The van der Waals surface area contributed by atoms with Gasteiger partial charge in [0.25, 0.3) is 0 Å². The Labute approximate surface area is 146 Å². The first kappa shape index (κ1) is 18.0. The number of rotatable bonds is 6. The van der Waals surface area contributed by atoms with Crippen LogP contribution in [0.5, 0.6) is 0 Å². The van der Waals surface area contributed by atoms with Crippen LogP contribution in [0.15, 0.2) is 41.4 Å². The van der Waals surface area contributed by atoms with Crippen LogP contribution in [0.2, 0.25) is 10.0 Å². The van der Waals surface area contributed by atoms with Crippen LogP contribution in [-0.2, 0) is 10.0 Å². The Morgan fingerprint density at radius 1 is 1.09 bits per heavy atom. The Bertz CT molecular complexity index is 756. The van der Waals surface area contributed by atoms with Crippen molar-refractivity contribution < 1.29 is 8.42 Å². The maximum atomic E-state index is 12.4. The van der Waals surface area contributed by atoms with Crippen molar-refractivity contribution >= 4 is 44.7 Å². The van der Waals surface area contributed by atoms with Crippen LogP contribution in [0.3, 0.4) is 0 Å². The third-order valence-corrected chi connectivity index (χ3v) is 5.68. The molecule has 0 atom stereocenters. The second kappa shape index (κ2) is 7.49. The van der Waals surface area contributed by atoms with Crippen molar-refractivity contribution in [1.29, 1.82) is 0 Å². The number of benzene rings is 1. The summed E-state index contributed by atoms with van der Waals surface area (Å²) in [7, 11) is -3.50. The molecular weight excluding hydrogens is 357 g/mol. The molecule has 1 aromatic heterocycles. The lowest BCUT2D eigenvalue weighted by Gasteiger charge is -2.18. The summed E-state index contributed by atoms with van der Waals surface area (Å²) < 4.78 is 26.2. The molecule has 0 bridgehead atoms. The highest BCUT2D eigenvalue weighted by atomic mass is 35.5. The summed E-state index contributed by atoms with van der Waals surface area (Å²) in [5.41, 5.74) is 0.675. The first-order chi connectivity index (χ1) is 10.9. The molecule has 8 heteroatoms. The average molecular weight is 374 g/mol. The van der Waals surface area contributed by atoms with Crippen molar-refractivity contribution in [2.75, 3.05) is 18.4 Å². The van der Waals surface area contributed by atoms with E-state index in [-0.39, 0.29) is 4.90 Å². The molecule has 124 valence electrons. The number of hydrogen-bond donors (Lipinski definition) is 1.